The van der Waals surface area contributed by atoms with Gasteiger partial charge in [0.2, 0.25) is 0 Å². The molecule has 0 saturated carbocycles. The Labute approximate surface area is 366 Å². The molecule has 13 aromatic rings. The van der Waals surface area contributed by atoms with Crippen molar-refractivity contribution in [2.45, 2.75) is 38.5 Å². The number of benzene rings is 9. The van der Waals surface area contributed by atoms with E-state index in [1.165, 1.54) is 44.5 Å². The van der Waals surface area contributed by atoms with Crippen LogP contribution in [0.5, 0.6) is 0 Å². The number of para-hydroxylation sites is 2. The first-order valence-corrected chi connectivity index (χ1v) is 22.2. The van der Waals surface area contributed by atoms with E-state index < -0.39 is 0 Å². The van der Waals surface area contributed by atoms with Crippen molar-refractivity contribution in [1.29, 1.82) is 0 Å². The van der Waals surface area contributed by atoms with Crippen LogP contribution < -0.4 is 0 Å². The predicted molar refractivity (Wildman–Crippen MR) is 262 cm³/mol. The molecule has 4 aromatic heterocycles. The van der Waals surface area contributed by atoms with Crippen LogP contribution in [0.2, 0.25) is 0 Å². The molecule has 0 amide bonds. The van der Waals surface area contributed by atoms with Crippen LogP contribution in [0.1, 0.15) is 49.9 Å². The summed E-state index contributed by atoms with van der Waals surface area (Å²) in [5.41, 5.74) is 21.1. The van der Waals surface area contributed by atoms with Gasteiger partial charge in [0.25, 0.3) is 0 Å². The molecule has 15 rings (SSSR count). The average molecular weight is 823 g/mol. The van der Waals surface area contributed by atoms with Crippen LogP contribution >= 0.6 is 0 Å². The summed E-state index contributed by atoms with van der Waals surface area (Å²) in [6.45, 7) is 9.31. The first kappa shape index (κ1) is 34.7. The second-order valence-corrected chi connectivity index (χ2v) is 19.1. The number of hydrogen-bond acceptors (Lipinski definition) is 4. The van der Waals surface area contributed by atoms with Crippen LogP contribution in [-0.4, -0.2) is 0 Å². The lowest BCUT2D eigenvalue weighted by atomic mass is 9.81. The number of furan rings is 4. The molecule has 302 valence electrons. The van der Waals surface area contributed by atoms with Crippen molar-refractivity contribution in [2.24, 2.45) is 0 Å². The molecule has 0 saturated heterocycles. The molecule has 2 aliphatic carbocycles. The van der Waals surface area contributed by atoms with Gasteiger partial charge in [-0.15, -0.1) is 0 Å². The first-order chi connectivity index (χ1) is 31.2. The van der Waals surface area contributed by atoms with Crippen molar-refractivity contribution in [3.8, 4) is 44.5 Å². The SMILES string of the molecule is CC1(C)c2ccccc2-c2ccc(-c3cc4oc5cc6c(cc5c4c4c3oc3ccccc34)oc3cc(-c4ccc5c(c4)C(C)(C)c4ccccc4-5)c4oc5ccccc5c4c36)cc21. The Kier molecular flexibility index (Phi) is 6.29. The number of hydrogen-bond donors (Lipinski definition) is 0. The van der Waals surface area contributed by atoms with E-state index in [9.17, 15) is 0 Å². The largest absolute Gasteiger partial charge is 0.456 e. The molecule has 4 heterocycles. The average Bonchev–Trinajstić information content (AvgIpc) is 4.15. The quantitative estimate of drug-likeness (QED) is 0.174. The molecule has 2 aliphatic rings. The van der Waals surface area contributed by atoms with Crippen LogP contribution in [0, 0.1) is 0 Å². The Hall–Kier alpha value is -7.82. The fourth-order valence-electron chi connectivity index (χ4n) is 12.0. The van der Waals surface area contributed by atoms with E-state index in [-0.39, 0.29) is 10.8 Å². The molecule has 64 heavy (non-hydrogen) atoms. The van der Waals surface area contributed by atoms with Gasteiger partial charge in [-0.3, -0.25) is 0 Å². The Bertz CT molecular complexity index is 3980. The zero-order valence-corrected chi connectivity index (χ0v) is 35.6. The third-order valence-electron chi connectivity index (χ3n) is 15.1. The van der Waals surface area contributed by atoms with Crippen molar-refractivity contribution >= 4 is 87.8 Å². The summed E-state index contributed by atoms with van der Waals surface area (Å²) in [6.07, 6.45) is 0. The summed E-state index contributed by atoms with van der Waals surface area (Å²) in [5, 5.41) is 8.24. The maximum atomic E-state index is 7.01. The lowest BCUT2D eigenvalue weighted by Crippen LogP contribution is -2.14. The molecule has 0 aliphatic heterocycles. The minimum absolute atomic E-state index is 0.133. The second kappa shape index (κ2) is 11.6. The van der Waals surface area contributed by atoms with Crippen LogP contribution in [0.15, 0.2) is 175 Å². The Morgan fingerprint density at radius 2 is 0.688 bits per heavy atom. The second-order valence-electron chi connectivity index (χ2n) is 19.1. The van der Waals surface area contributed by atoms with Crippen molar-refractivity contribution in [3.63, 3.8) is 0 Å². The highest BCUT2D eigenvalue weighted by Crippen LogP contribution is 2.54. The van der Waals surface area contributed by atoms with E-state index in [0.29, 0.717) is 0 Å². The zero-order chi connectivity index (χ0) is 42.4. The highest BCUT2D eigenvalue weighted by atomic mass is 16.3. The third-order valence-corrected chi connectivity index (χ3v) is 15.1. The van der Waals surface area contributed by atoms with Crippen molar-refractivity contribution in [1.82, 2.24) is 0 Å². The number of fused-ring (bicyclic) bond motifs is 20. The molecular weight excluding hydrogens is 785 g/mol. The van der Waals surface area contributed by atoms with Gasteiger partial charge in [-0.05, 0) is 104 Å². The van der Waals surface area contributed by atoms with Gasteiger partial charge in [0, 0.05) is 65.0 Å². The Morgan fingerprint density at radius 1 is 0.281 bits per heavy atom. The predicted octanol–water partition coefficient (Wildman–Crippen LogP) is 17.2. The molecule has 0 fully saturated rings. The topological polar surface area (TPSA) is 52.6 Å². The van der Waals surface area contributed by atoms with Crippen LogP contribution in [-0.2, 0) is 10.8 Å². The van der Waals surface area contributed by atoms with E-state index in [1.54, 1.807) is 0 Å². The molecule has 4 heteroatoms. The minimum atomic E-state index is -0.133. The Morgan fingerprint density at radius 3 is 1.16 bits per heavy atom. The highest BCUT2D eigenvalue weighted by Gasteiger charge is 2.37. The molecule has 0 N–H and O–H groups in total. The van der Waals surface area contributed by atoms with Gasteiger partial charge < -0.3 is 17.7 Å². The van der Waals surface area contributed by atoms with Crippen LogP contribution in [0.3, 0.4) is 0 Å². The summed E-state index contributed by atoms with van der Waals surface area (Å²) in [5.74, 6) is 0. The van der Waals surface area contributed by atoms with Gasteiger partial charge >= 0.3 is 0 Å². The standard InChI is InChI=1S/C60H38O4/c1-59(2)43-17-9-5-13-33(43)35-23-21-31(25-45(35)59)39-27-51-53(55-37-15-7-11-19-47(37)63-57(39)55)41-29-50-42(30-49(41)61-51)54-52(62-50)28-40(58-56(54)38-16-8-12-20-48(38)64-58)32-22-24-36-34-14-6-10-18-44(34)60(3,4)46(36)26-32/h5-30H,1-4H3. The summed E-state index contributed by atoms with van der Waals surface area (Å²) in [7, 11) is 0. The highest BCUT2D eigenvalue weighted by molar-refractivity contribution is 6.32. The van der Waals surface area contributed by atoms with E-state index in [2.05, 4.69) is 173 Å². The van der Waals surface area contributed by atoms with Gasteiger partial charge in [-0.2, -0.15) is 0 Å². The molecule has 0 unspecified atom stereocenters. The maximum absolute atomic E-state index is 7.01. The van der Waals surface area contributed by atoms with Crippen LogP contribution in [0.4, 0.5) is 0 Å². The van der Waals surface area contributed by atoms with Gasteiger partial charge in [0.1, 0.15) is 44.7 Å². The monoisotopic (exact) mass is 822 g/mol. The first-order valence-electron chi connectivity index (χ1n) is 22.2. The molecule has 0 bridgehead atoms. The summed E-state index contributed by atoms with van der Waals surface area (Å²) < 4.78 is 27.7. The van der Waals surface area contributed by atoms with Crippen molar-refractivity contribution in [2.75, 3.05) is 0 Å². The van der Waals surface area contributed by atoms with Gasteiger partial charge in [-0.25, -0.2) is 0 Å². The maximum Gasteiger partial charge on any atom is 0.144 e. The molecule has 0 radical (unpaired) electrons. The molecule has 9 aromatic carbocycles. The fraction of sp³-hybridized carbons (Fsp3) is 0.100. The molecule has 4 nitrogen and oxygen atoms in total. The molecule has 0 atom stereocenters. The fourth-order valence-corrected chi connectivity index (χ4v) is 12.0. The summed E-state index contributed by atoms with van der Waals surface area (Å²) >= 11 is 0. The molecule has 0 spiro atoms. The van der Waals surface area contributed by atoms with Crippen LogP contribution in [0.25, 0.3) is 132 Å². The van der Waals surface area contributed by atoms with E-state index in [1.807, 2.05) is 12.1 Å². The zero-order valence-electron chi connectivity index (χ0n) is 35.6. The van der Waals surface area contributed by atoms with E-state index in [0.717, 1.165) is 110 Å². The van der Waals surface area contributed by atoms with Crippen molar-refractivity contribution in [3.05, 3.63) is 180 Å². The minimum Gasteiger partial charge on any atom is -0.456 e. The van der Waals surface area contributed by atoms with E-state index >= 15 is 0 Å². The lowest BCUT2D eigenvalue weighted by Gasteiger charge is -2.22. The summed E-state index contributed by atoms with van der Waals surface area (Å²) in [4.78, 5) is 0. The normalized spacial score (nSPS) is 14.8. The van der Waals surface area contributed by atoms with Gasteiger partial charge in [0.05, 0.1) is 0 Å². The number of rotatable bonds is 2. The third kappa shape index (κ3) is 4.24. The van der Waals surface area contributed by atoms with Crippen molar-refractivity contribution < 1.29 is 17.7 Å². The summed E-state index contributed by atoms with van der Waals surface area (Å²) in [6, 6.07) is 56.8. The Balaban J connectivity index is 0.980. The molecular formula is C60H38O4. The smallest absolute Gasteiger partial charge is 0.144 e. The van der Waals surface area contributed by atoms with E-state index in [4.69, 9.17) is 17.7 Å². The van der Waals surface area contributed by atoms with Gasteiger partial charge in [-0.1, -0.05) is 137 Å². The lowest BCUT2D eigenvalue weighted by molar-refractivity contribution is 0.659. The van der Waals surface area contributed by atoms with Gasteiger partial charge in [0.15, 0.2) is 0 Å².